The molecule has 1 nitrogen and oxygen atoms in total. The van der Waals surface area contributed by atoms with Gasteiger partial charge in [0.1, 0.15) is 0 Å². The first-order valence-corrected chi connectivity index (χ1v) is 8.21. The standard InChI is InChI=1S/C17H33N/c1-6-18-10-9-17(14(4)12-18)8-7-16(11-17)15(5)13(2)3/h13-16H,6-12H2,1-5H3. The minimum atomic E-state index is 0.708. The molecule has 1 heteroatoms. The van der Waals surface area contributed by atoms with E-state index in [1.54, 1.807) is 0 Å². The molecule has 18 heavy (non-hydrogen) atoms. The van der Waals surface area contributed by atoms with Crippen LogP contribution in [0.3, 0.4) is 0 Å². The van der Waals surface area contributed by atoms with Gasteiger partial charge in [-0.3, -0.25) is 0 Å². The summed E-state index contributed by atoms with van der Waals surface area (Å²) in [6.07, 6.45) is 5.98. The summed E-state index contributed by atoms with van der Waals surface area (Å²) in [5.41, 5.74) is 0.708. The normalized spacial score (nSPS) is 39.7. The quantitative estimate of drug-likeness (QED) is 0.717. The van der Waals surface area contributed by atoms with Crippen molar-refractivity contribution >= 4 is 0 Å². The van der Waals surface area contributed by atoms with Gasteiger partial charge in [-0.1, -0.05) is 34.6 Å². The van der Waals surface area contributed by atoms with E-state index >= 15 is 0 Å². The topological polar surface area (TPSA) is 3.24 Å². The first-order chi connectivity index (χ1) is 8.48. The molecule has 0 N–H and O–H groups in total. The summed E-state index contributed by atoms with van der Waals surface area (Å²) in [4.78, 5) is 2.65. The van der Waals surface area contributed by atoms with E-state index in [4.69, 9.17) is 0 Å². The smallest absolute Gasteiger partial charge is 0.00122 e. The molecule has 2 rings (SSSR count). The number of hydrogen-bond acceptors (Lipinski definition) is 1. The van der Waals surface area contributed by atoms with Crippen LogP contribution in [0, 0.1) is 29.1 Å². The summed E-state index contributed by atoms with van der Waals surface area (Å²) >= 11 is 0. The van der Waals surface area contributed by atoms with Crippen molar-refractivity contribution in [2.75, 3.05) is 19.6 Å². The van der Waals surface area contributed by atoms with Gasteiger partial charge in [-0.25, -0.2) is 0 Å². The Balaban J connectivity index is 1.98. The minimum absolute atomic E-state index is 0.708. The monoisotopic (exact) mass is 251 g/mol. The van der Waals surface area contributed by atoms with Crippen molar-refractivity contribution in [3.63, 3.8) is 0 Å². The predicted molar refractivity (Wildman–Crippen MR) is 79.7 cm³/mol. The molecule has 1 saturated heterocycles. The van der Waals surface area contributed by atoms with Crippen LogP contribution in [0.15, 0.2) is 0 Å². The van der Waals surface area contributed by atoms with E-state index < -0.39 is 0 Å². The van der Waals surface area contributed by atoms with Crippen LogP contribution in [-0.2, 0) is 0 Å². The largest absolute Gasteiger partial charge is 0.303 e. The molecule has 0 bridgehead atoms. The molecule has 2 fully saturated rings. The minimum Gasteiger partial charge on any atom is -0.303 e. The Kier molecular flexibility index (Phi) is 4.41. The second-order valence-corrected chi connectivity index (χ2v) is 7.51. The highest BCUT2D eigenvalue weighted by Crippen LogP contribution is 2.54. The van der Waals surface area contributed by atoms with Gasteiger partial charge in [0.15, 0.2) is 0 Å². The number of rotatable bonds is 3. The SMILES string of the molecule is CCN1CCC2(CCC(C(C)C(C)C)C2)C(C)C1. The van der Waals surface area contributed by atoms with Gasteiger partial charge < -0.3 is 4.90 Å². The maximum absolute atomic E-state index is 2.65. The van der Waals surface area contributed by atoms with Gasteiger partial charge in [0.25, 0.3) is 0 Å². The first kappa shape index (κ1) is 14.4. The molecule has 1 spiro atoms. The lowest BCUT2D eigenvalue weighted by atomic mass is 9.68. The van der Waals surface area contributed by atoms with Gasteiger partial charge in [-0.05, 0) is 67.9 Å². The summed E-state index contributed by atoms with van der Waals surface area (Å²) in [7, 11) is 0. The average Bonchev–Trinajstić information content (AvgIpc) is 2.77. The number of nitrogens with zero attached hydrogens (tertiary/aromatic N) is 1. The lowest BCUT2D eigenvalue weighted by Gasteiger charge is -2.45. The Bertz CT molecular complexity index is 273. The highest BCUT2D eigenvalue weighted by atomic mass is 15.1. The Morgan fingerprint density at radius 2 is 1.94 bits per heavy atom. The van der Waals surface area contributed by atoms with Crippen LogP contribution in [0.2, 0.25) is 0 Å². The molecule has 0 aromatic rings. The highest BCUT2D eigenvalue weighted by Gasteiger charge is 2.46. The number of piperidine rings is 1. The summed E-state index contributed by atoms with van der Waals surface area (Å²) in [5, 5.41) is 0. The molecule has 4 unspecified atom stereocenters. The van der Waals surface area contributed by atoms with Gasteiger partial charge >= 0.3 is 0 Å². The molecule has 1 saturated carbocycles. The molecular weight excluding hydrogens is 218 g/mol. The molecule has 0 aromatic carbocycles. The maximum Gasteiger partial charge on any atom is 0.00122 e. The fraction of sp³-hybridized carbons (Fsp3) is 1.00. The number of likely N-dealkylation sites (tertiary alicyclic amines) is 1. The molecular formula is C17H33N. The van der Waals surface area contributed by atoms with Crippen molar-refractivity contribution in [3.05, 3.63) is 0 Å². The van der Waals surface area contributed by atoms with Crippen LogP contribution >= 0.6 is 0 Å². The van der Waals surface area contributed by atoms with Crippen LogP contribution in [0.1, 0.15) is 60.3 Å². The summed E-state index contributed by atoms with van der Waals surface area (Å²) in [6, 6.07) is 0. The molecule has 4 atom stereocenters. The summed E-state index contributed by atoms with van der Waals surface area (Å²) < 4.78 is 0. The predicted octanol–water partition coefficient (Wildman–Crippen LogP) is 4.43. The lowest BCUT2D eigenvalue weighted by Crippen LogP contribution is -2.45. The first-order valence-electron chi connectivity index (χ1n) is 8.21. The van der Waals surface area contributed by atoms with Crippen molar-refractivity contribution in [1.82, 2.24) is 4.90 Å². The van der Waals surface area contributed by atoms with Crippen molar-refractivity contribution < 1.29 is 0 Å². The van der Waals surface area contributed by atoms with Crippen molar-refractivity contribution in [1.29, 1.82) is 0 Å². The van der Waals surface area contributed by atoms with E-state index in [0.29, 0.717) is 5.41 Å². The van der Waals surface area contributed by atoms with Crippen LogP contribution < -0.4 is 0 Å². The van der Waals surface area contributed by atoms with Gasteiger partial charge in [-0.15, -0.1) is 0 Å². The Labute approximate surface area is 114 Å². The lowest BCUT2D eigenvalue weighted by molar-refractivity contribution is 0.0434. The van der Waals surface area contributed by atoms with E-state index in [1.165, 1.54) is 45.3 Å². The van der Waals surface area contributed by atoms with Crippen molar-refractivity contribution in [3.8, 4) is 0 Å². The molecule has 0 amide bonds. The zero-order chi connectivity index (χ0) is 13.3. The fourth-order valence-electron chi connectivity index (χ4n) is 4.45. The van der Waals surface area contributed by atoms with Crippen LogP contribution in [0.5, 0.6) is 0 Å². The molecule has 0 aromatic heterocycles. The second kappa shape index (κ2) is 5.53. The molecule has 1 heterocycles. The third kappa shape index (κ3) is 2.61. The Hall–Kier alpha value is -0.0400. The van der Waals surface area contributed by atoms with Crippen molar-refractivity contribution in [2.45, 2.75) is 60.3 Å². The Morgan fingerprint density at radius 3 is 2.50 bits per heavy atom. The zero-order valence-electron chi connectivity index (χ0n) is 13.2. The van der Waals surface area contributed by atoms with Crippen LogP contribution in [-0.4, -0.2) is 24.5 Å². The molecule has 1 aliphatic carbocycles. The van der Waals surface area contributed by atoms with E-state index in [9.17, 15) is 0 Å². The van der Waals surface area contributed by atoms with E-state index in [-0.39, 0.29) is 0 Å². The van der Waals surface area contributed by atoms with Gasteiger partial charge in [-0.2, -0.15) is 0 Å². The average molecular weight is 251 g/mol. The molecule has 106 valence electrons. The third-order valence-corrected chi connectivity index (χ3v) is 6.43. The van der Waals surface area contributed by atoms with Gasteiger partial charge in [0.05, 0.1) is 0 Å². The fourth-order valence-corrected chi connectivity index (χ4v) is 4.45. The molecule has 0 radical (unpaired) electrons. The molecule has 2 aliphatic rings. The molecule has 1 aliphatic heterocycles. The Morgan fingerprint density at radius 1 is 1.22 bits per heavy atom. The summed E-state index contributed by atoms with van der Waals surface area (Å²) in [6.45, 7) is 16.1. The number of hydrogen-bond donors (Lipinski definition) is 0. The highest BCUT2D eigenvalue weighted by molar-refractivity contribution is 4.97. The van der Waals surface area contributed by atoms with Crippen LogP contribution in [0.4, 0.5) is 0 Å². The van der Waals surface area contributed by atoms with E-state index in [0.717, 1.165) is 23.7 Å². The van der Waals surface area contributed by atoms with Gasteiger partial charge in [0.2, 0.25) is 0 Å². The zero-order valence-corrected chi connectivity index (χ0v) is 13.2. The maximum atomic E-state index is 2.65. The van der Waals surface area contributed by atoms with E-state index in [1.807, 2.05) is 0 Å². The van der Waals surface area contributed by atoms with Crippen molar-refractivity contribution in [2.24, 2.45) is 29.1 Å². The van der Waals surface area contributed by atoms with Gasteiger partial charge in [0, 0.05) is 6.54 Å². The third-order valence-electron chi connectivity index (χ3n) is 6.43. The second-order valence-electron chi connectivity index (χ2n) is 7.51. The van der Waals surface area contributed by atoms with Crippen LogP contribution in [0.25, 0.3) is 0 Å². The summed E-state index contributed by atoms with van der Waals surface area (Å²) in [5.74, 6) is 3.69. The van der Waals surface area contributed by atoms with E-state index in [2.05, 4.69) is 39.5 Å².